The van der Waals surface area contributed by atoms with E-state index in [1.54, 1.807) is 13.8 Å². The minimum atomic E-state index is -4.90. The fourth-order valence-corrected chi connectivity index (χ4v) is 2.99. The normalized spacial score (nSPS) is 20.1. The number of alkyl halides is 3. The largest absolute Gasteiger partial charge is 0.496 e. The van der Waals surface area contributed by atoms with Crippen LogP contribution in [0.3, 0.4) is 0 Å². The number of ether oxygens (including phenoxy) is 2. The topological polar surface area (TPSA) is 41.9 Å². The van der Waals surface area contributed by atoms with Crippen LogP contribution < -0.4 is 9.47 Å². The van der Waals surface area contributed by atoms with Crippen molar-refractivity contribution in [1.29, 1.82) is 0 Å². The first-order valence-electron chi connectivity index (χ1n) is 7.27. The Bertz CT molecular complexity index is 624. The Morgan fingerprint density at radius 3 is 2.04 bits per heavy atom. The molecular formula is C16H20F3NO3. The van der Waals surface area contributed by atoms with Crippen LogP contribution >= 0.6 is 0 Å². The molecule has 1 N–H and O–H groups in total. The maximum atomic E-state index is 13.8. The van der Waals surface area contributed by atoms with Gasteiger partial charge >= 0.3 is 6.18 Å². The SMILES string of the molecule is CCN(CC)C1=Cc2c(OC)ccc(OC)c2C1(O)C(F)(F)F. The van der Waals surface area contributed by atoms with E-state index in [-0.39, 0.29) is 28.3 Å². The average Bonchev–Trinajstić information content (AvgIpc) is 2.83. The van der Waals surface area contributed by atoms with E-state index in [2.05, 4.69) is 0 Å². The van der Waals surface area contributed by atoms with Gasteiger partial charge in [-0.2, -0.15) is 13.2 Å². The number of methoxy groups -OCH3 is 2. The highest BCUT2D eigenvalue weighted by Crippen LogP contribution is 2.56. The Morgan fingerprint density at radius 2 is 1.61 bits per heavy atom. The Morgan fingerprint density at radius 1 is 1.09 bits per heavy atom. The monoisotopic (exact) mass is 331 g/mol. The molecule has 0 radical (unpaired) electrons. The molecule has 1 atom stereocenters. The van der Waals surface area contributed by atoms with Gasteiger partial charge < -0.3 is 19.5 Å². The molecule has 0 heterocycles. The Balaban J connectivity index is 2.81. The molecule has 0 spiro atoms. The summed E-state index contributed by atoms with van der Waals surface area (Å²) >= 11 is 0. The minimum Gasteiger partial charge on any atom is -0.496 e. The van der Waals surface area contributed by atoms with Gasteiger partial charge in [0.05, 0.1) is 25.5 Å². The van der Waals surface area contributed by atoms with E-state index in [9.17, 15) is 18.3 Å². The lowest BCUT2D eigenvalue weighted by atomic mass is 9.91. The van der Waals surface area contributed by atoms with Crippen LogP contribution in [0.15, 0.2) is 17.8 Å². The third-order valence-corrected chi connectivity index (χ3v) is 4.14. The van der Waals surface area contributed by atoms with Crippen molar-refractivity contribution in [3.8, 4) is 11.5 Å². The van der Waals surface area contributed by atoms with Crippen molar-refractivity contribution in [1.82, 2.24) is 4.90 Å². The molecule has 0 saturated heterocycles. The second-order valence-electron chi connectivity index (χ2n) is 5.17. The smallest absolute Gasteiger partial charge is 0.427 e. The van der Waals surface area contributed by atoms with Crippen molar-refractivity contribution in [3.05, 3.63) is 29.0 Å². The molecule has 0 amide bonds. The van der Waals surface area contributed by atoms with Crippen molar-refractivity contribution < 1.29 is 27.8 Å². The maximum absolute atomic E-state index is 13.8. The molecule has 0 saturated carbocycles. The summed E-state index contributed by atoms with van der Waals surface area (Å²) in [5, 5.41) is 10.7. The predicted octanol–water partition coefficient (Wildman–Crippen LogP) is 3.15. The predicted molar refractivity (Wildman–Crippen MR) is 80.4 cm³/mol. The number of rotatable bonds is 5. The lowest BCUT2D eigenvalue weighted by Crippen LogP contribution is -2.47. The van der Waals surface area contributed by atoms with Gasteiger partial charge in [-0.1, -0.05) is 0 Å². The summed E-state index contributed by atoms with van der Waals surface area (Å²) in [4.78, 5) is 1.48. The lowest BCUT2D eigenvalue weighted by molar-refractivity contribution is -0.255. The molecule has 0 aliphatic heterocycles. The molecule has 23 heavy (non-hydrogen) atoms. The number of aliphatic hydroxyl groups is 1. The van der Waals surface area contributed by atoms with Gasteiger partial charge in [-0.3, -0.25) is 0 Å². The standard InChI is InChI=1S/C16H20F3NO3/c1-5-20(6-2)13-9-10-11(22-3)7-8-12(23-4)14(10)15(13,21)16(17,18)19/h7-9,21H,5-6H2,1-4H3. The van der Waals surface area contributed by atoms with Crippen molar-refractivity contribution in [2.45, 2.75) is 25.6 Å². The first-order chi connectivity index (χ1) is 10.8. The van der Waals surface area contributed by atoms with Gasteiger partial charge in [-0.15, -0.1) is 0 Å². The van der Waals surface area contributed by atoms with Crippen LogP contribution in [0.5, 0.6) is 11.5 Å². The fraction of sp³-hybridized carbons (Fsp3) is 0.500. The van der Waals surface area contributed by atoms with E-state index in [4.69, 9.17) is 9.47 Å². The highest BCUT2D eigenvalue weighted by atomic mass is 19.4. The molecule has 1 aromatic rings. The Hall–Kier alpha value is -1.89. The van der Waals surface area contributed by atoms with Gasteiger partial charge in [-0.05, 0) is 32.1 Å². The molecule has 1 aliphatic rings. The number of nitrogens with zero attached hydrogens (tertiary/aromatic N) is 1. The van der Waals surface area contributed by atoms with Crippen LogP contribution in [-0.4, -0.2) is 43.5 Å². The zero-order chi connectivity index (χ0) is 17.4. The van der Waals surface area contributed by atoms with Gasteiger partial charge in [-0.25, -0.2) is 0 Å². The van der Waals surface area contributed by atoms with Crippen molar-refractivity contribution >= 4 is 6.08 Å². The van der Waals surface area contributed by atoms with Crippen LogP contribution in [0.4, 0.5) is 13.2 Å². The quantitative estimate of drug-likeness (QED) is 0.900. The summed E-state index contributed by atoms with van der Waals surface area (Å²) in [5.41, 5.74) is -3.48. The van der Waals surface area contributed by atoms with Crippen molar-refractivity contribution in [3.63, 3.8) is 0 Å². The van der Waals surface area contributed by atoms with Crippen LogP contribution in [-0.2, 0) is 5.60 Å². The number of benzene rings is 1. The summed E-state index contributed by atoms with van der Waals surface area (Å²) in [6.07, 6.45) is -3.57. The van der Waals surface area contributed by atoms with E-state index in [0.717, 1.165) is 0 Å². The van der Waals surface area contributed by atoms with Crippen LogP contribution in [0, 0.1) is 0 Å². The second kappa shape index (κ2) is 5.96. The summed E-state index contributed by atoms with van der Waals surface area (Å²) in [6, 6.07) is 2.89. The molecule has 4 nitrogen and oxygen atoms in total. The molecule has 128 valence electrons. The molecule has 0 aromatic heterocycles. The number of likely N-dealkylation sites (N-methyl/N-ethyl adjacent to an activating group) is 1. The van der Waals surface area contributed by atoms with E-state index < -0.39 is 11.8 Å². The Labute approximate surface area is 133 Å². The van der Waals surface area contributed by atoms with Gasteiger partial charge in [0.2, 0.25) is 5.60 Å². The highest BCUT2D eigenvalue weighted by molar-refractivity contribution is 5.76. The number of fused-ring (bicyclic) bond motifs is 1. The summed E-state index contributed by atoms with van der Waals surface area (Å²) in [6.45, 7) is 4.13. The first kappa shape index (κ1) is 17.5. The van der Waals surface area contributed by atoms with Crippen LogP contribution in [0.25, 0.3) is 6.08 Å². The zero-order valence-corrected chi connectivity index (χ0v) is 13.5. The summed E-state index contributed by atoms with van der Waals surface area (Å²) in [7, 11) is 2.65. The average molecular weight is 331 g/mol. The summed E-state index contributed by atoms with van der Waals surface area (Å²) < 4.78 is 51.8. The molecule has 2 rings (SSSR count). The first-order valence-corrected chi connectivity index (χ1v) is 7.27. The van der Waals surface area contributed by atoms with Crippen LogP contribution in [0.2, 0.25) is 0 Å². The molecule has 1 aromatic carbocycles. The van der Waals surface area contributed by atoms with Gasteiger partial charge in [0.25, 0.3) is 0 Å². The van der Waals surface area contributed by atoms with E-state index in [1.807, 2.05) is 0 Å². The molecule has 0 bridgehead atoms. The second-order valence-corrected chi connectivity index (χ2v) is 5.17. The zero-order valence-electron chi connectivity index (χ0n) is 13.5. The molecular weight excluding hydrogens is 311 g/mol. The lowest BCUT2D eigenvalue weighted by Gasteiger charge is -2.36. The maximum Gasteiger partial charge on any atom is 0.427 e. The summed E-state index contributed by atoms with van der Waals surface area (Å²) in [5.74, 6) is 0.227. The molecule has 1 aliphatic carbocycles. The fourth-order valence-electron chi connectivity index (χ4n) is 2.99. The number of halogens is 3. The van der Waals surface area contributed by atoms with Crippen molar-refractivity contribution in [2.75, 3.05) is 27.3 Å². The van der Waals surface area contributed by atoms with Gasteiger partial charge in [0.15, 0.2) is 0 Å². The van der Waals surface area contributed by atoms with Crippen LogP contribution in [0.1, 0.15) is 25.0 Å². The van der Waals surface area contributed by atoms with E-state index in [0.29, 0.717) is 13.1 Å². The van der Waals surface area contributed by atoms with E-state index in [1.165, 1.54) is 37.3 Å². The molecule has 7 heteroatoms. The van der Waals surface area contributed by atoms with Gasteiger partial charge in [0.1, 0.15) is 11.5 Å². The highest BCUT2D eigenvalue weighted by Gasteiger charge is 2.63. The van der Waals surface area contributed by atoms with Gasteiger partial charge in [0, 0.05) is 18.7 Å². The molecule has 1 unspecified atom stereocenters. The number of hydrogen-bond donors (Lipinski definition) is 1. The van der Waals surface area contributed by atoms with E-state index >= 15 is 0 Å². The number of hydrogen-bond acceptors (Lipinski definition) is 4. The third-order valence-electron chi connectivity index (χ3n) is 4.14. The Kier molecular flexibility index (Phi) is 4.52. The third kappa shape index (κ3) is 2.43. The minimum absolute atomic E-state index is 0.0287. The molecule has 0 fully saturated rings. The van der Waals surface area contributed by atoms with Crippen molar-refractivity contribution in [2.24, 2.45) is 0 Å².